The first kappa shape index (κ1) is 14.1. The van der Waals surface area contributed by atoms with Gasteiger partial charge in [-0.2, -0.15) is 4.98 Å². The zero-order valence-corrected chi connectivity index (χ0v) is 12.3. The minimum atomic E-state index is 0.449. The molecule has 0 amide bonds. The van der Waals surface area contributed by atoms with Gasteiger partial charge in [-0.25, -0.2) is 0 Å². The fourth-order valence-electron chi connectivity index (χ4n) is 2.03. The maximum Gasteiger partial charge on any atom is 0.258 e. The zero-order chi connectivity index (χ0) is 15.4. The molecule has 0 aliphatic rings. The van der Waals surface area contributed by atoms with Crippen LogP contribution in [-0.4, -0.2) is 28.8 Å². The summed E-state index contributed by atoms with van der Waals surface area (Å²) in [6.07, 6.45) is 3.36. The molecule has 1 aromatic carbocycles. The molecule has 2 aromatic heterocycles. The summed E-state index contributed by atoms with van der Waals surface area (Å²) in [7, 11) is 1.60. The van der Waals surface area contributed by atoms with Crippen molar-refractivity contribution in [3.05, 3.63) is 42.7 Å². The molecule has 0 radical (unpaired) electrons. The van der Waals surface area contributed by atoms with Gasteiger partial charge in [0.15, 0.2) is 11.5 Å². The second-order valence-corrected chi connectivity index (χ2v) is 4.46. The van der Waals surface area contributed by atoms with Gasteiger partial charge in [0.05, 0.1) is 13.7 Å². The van der Waals surface area contributed by atoms with Crippen LogP contribution in [0.4, 0.5) is 0 Å². The minimum absolute atomic E-state index is 0.449. The van der Waals surface area contributed by atoms with Crippen molar-refractivity contribution in [1.82, 2.24) is 15.1 Å². The molecule has 6 nitrogen and oxygen atoms in total. The van der Waals surface area contributed by atoms with Crippen molar-refractivity contribution in [3.8, 4) is 34.3 Å². The second kappa shape index (κ2) is 6.26. The van der Waals surface area contributed by atoms with Crippen LogP contribution in [0.2, 0.25) is 0 Å². The van der Waals surface area contributed by atoms with E-state index < -0.39 is 0 Å². The maximum atomic E-state index is 5.50. The van der Waals surface area contributed by atoms with E-state index in [0.29, 0.717) is 29.8 Å². The molecule has 3 rings (SSSR count). The van der Waals surface area contributed by atoms with E-state index in [1.807, 2.05) is 37.3 Å². The van der Waals surface area contributed by atoms with Crippen LogP contribution in [0, 0.1) is 0 Å². The minimum Gasteiger partial charge on any atom is -0.493 e. The number of methoxy groups -OCH3 is 1. The second-order valence-electron chi connectivity index (χ2n) is 4.46. The monoisotopic (exact) mass is 297 g/mol. The zero-order valence-electron chi connectivity index (χ0n) is 12.3. The Morgan fingerprint density at radius 3 is 2.59 bits per heavy atom. The van der Waals surface area contributed by atoms with Crippen molar-refractivity contribution in [2.75, 3.05) is 13.7 Å². The number of nitrogens with zero attached hydrogens (tertiary/aromatic N) is 3. The summed E-state index contributed by atoms with van der Waals surface area (Å²) in [6, 6.07) is 9.16. The normalized spacial score (nSPS) is 10.5. The molecule has 0 saturated heterocycles. The third-order valence-corrected chi connectivity index (χ3v) is 3.07. The Hall–Kier alpha value is -2.89. The highest BCUT2D eigenvalue weighted by Crippen LogP contribution is 2.32. The van der Waals surface area contributed by atoms with Gasteiger partial charge >= 0.3 is 0 Å². The molecule has 0 bridgehead atoms. The number of hydrogen-bond acceptors (Lipinski definition) is 6. The van der Waals surface area contributed by atoms with Gasteiger partial charge in [-0.1, -0.05) is 5.16 Å². The third-order valence-electron chi connectivity index (χ3n) is 3.07. The van der Waals surface area contributed by atoms with E-state index in [9.17, 15) is 0 Å². The van der Waals surface area contributed by atoms with Crippen LogP contribution in [0.1, 0.15) is 6.92 Å². The predicted molar refractivity (Wildman–Crippen MR) is 80.7 cm³/mol. The smallest absolute Gasteiger partial charge is 0.258 e. The maximum absolute atomic E-state index is 5.50. The molecule has 6 heteroatoms. The number of hydrogen-bond donors (Lipinski definition) is 0. The predicted octanol–water partition coefficient (Wildman–Crippen LogP) is 3.21. The first-order valence-electron chi connectivity index (χ1n) is 6.87. The van der Waals surface area contributed by atoms with E-state index in [2.05, 4.69) is 15.1 Å². The van der Waals surface area contributed by atoms with Crippen molar-refractivity contribution in [2.24, 2.45) is 0 Å². The standard InChI is InChI=1S/C16H15N3O3/c1-3-21-13-5-4-12(10-14(13)20-2)15-18-16(22-19-15)11-6-8-17-9-7-11/h4-10H,3H2,1-2H3. The van der Waals surface area contributed by atoms with Crippen LogP contribution in [0.15, 0.2) is 47.2 Å². The lowest BCUT2D eigenvalue weighted by molar-refractivity contribution is 0.311. The Morgan fingerprint density at radius 1 is 1.05 bits per heavy atom. The number of aromatic nitrogens is 3. The molecule has 0 unspecified atom stereocenters. The highest BCUT2D eigenvalue weighted by Gasteiger charge is 2.13. The molecule has 0 N–H and O–H groups in total. The molecule has 22 heavy (non-hydrogen) atoms. The fourth-order valence-corrected chi connectivity index (χ4v) is 2.03. The van der Waals surface area contributed by atoms with Crippen LogP contribution in [0.25, 0.3) is 22.8 Å². The van der Waals surface area contributed by atoms with Crippen LogP contribution in [0.5, 0.6) is 11.5 Å². The number of rotatable bonds is 5. The summed E-state index contributed by atoms with van der Waals surface area (Å²) < 4.78 is 16.1. The topological polar surface area (TPSA) is 70.3 Å². The molecule has 3 aromatic rings. The van der Waals surface area contributed by atoms with Gasteiger partial charge < -0.3 is 14.0 Å². The molecule has 0 aliphatic heterocycles. The van der Waals surface area contributed by atoms with Gasteiger partial charge in [-0.3, -0.25) is 4.98 Å². The van der Waals surface area contributed by atoms with E-state index in [-0.39, 0.29) is 0 Å². The average molecular weight is 297 g/mol. The summed E-state index contributed by atoms with van der Waals surface area (Å²) in [5, 5.41) is 4.01. The van der Waals surface area contributed by atoms with E-state index in [4.69, 9.17) is 14.0 Å². The summed E-state index contributed by atoms with van der Waals surface area (Å²) in [4.78, 5) is 8.37. The third kappa shape index (κ3) is 2.76. The average Bonchev–Trinajstić information content (AvgIpc) is 3.06. The van der Waals surface area contributed by atoms with Gasteiger partial charge in [0.25, 0.3) is 5.89 Å². The van der Waals surface area contributed by atoms with Crippen molar-refractivity contribution in [1.29, 1.82) is 0 Å². The van der Waals surface area contributed by atoms with Crippen molar-refractivity contribution < 1.29 is 14.0 Å². The molecule has 112 valence electrons. The van der Waals surface area contributed by atoms with Crippen LogP contribution < -0.4 is 9.47 Å². The molecule has 0 atom stereocenters. The lowest BCUT2D eigenvalue weighted by Gasteiger charge is -2.09. The summed E-state index contributed by atoms with van der Waals surface area (Å²) in [6.45, 7) is 2.50. The lowest BCUT2D eigenvalue weighted by Crippen LogP contribution is -1.95. The summed E-state index contributed by atoms with van der Waals surface area (Å²) in [5.74, 6) is 2.26. The molecular weight excluding hydrogens is 282 g/mol. The molecule has 0 spiro atoms. The Labute approximate surface area is 127 Å². The largest absolute Gasteiger partial charge is 0.493 e. The Morgan fingerprint density at radius 2 is 1.86 bits per heavy atom. The van der Waals surface area contributed by atoms with E-state index in [1.54, 1.807) is 19.5 Å². The van der Waals surface area contributed by atoms with Crippen LogP contribution in [0.3, 0.4) is 0 Å². The van der Waals surface area contributed by atoms with E-state index in [1.165, 1.54) is 0 Å². The first-order valence-corrected chi connectivity index (χ1v) is 6.87. The Balaban J connectivity index is 1.93. The number of ether oxygens (including phenoxy) is 2. The van der Waals surface area contributed by atoms with E-state index in [0.717, 1.165) is 11.1 Å². The van der Waals surface area contributed by atoms with Gasteiger partial charge in [0.2, 0.25) is 5.82 Å². The summed E-state index contributed by atoms with van der Waals surface area (Å²) >= 11 is 0. The van der Waals surface area contributed by atoms with Crippen molar-refractivity contribution in [3.63, 3.8) is 0 Å². The number of pyridine rings is 1. The SMILES string of the molecule is CCOc1ccc(-c2noc(-c3ccncc3)n2)cc1OC. The molecule has 2 heterocycles. The summed E-state index contributed by atoms with van der Waals surface area (Å²) in [5.41, 5.74) is 1.62. The number of benzene rings is 1. The van der Waals surface area contributed by atoms with Crippen LogP contribution >= 0.6 is 0 Å². The first-order chi connectivity index (χ1) is 10.8. The van der Waals surface area contributed by atoms with Gasteiger partial charge in [0, 0.05) is 23.5 Å². The molecule has 0 fully saturated rings. The lowest BCUT2D eigenvalue weighted by atomic mass is 10.2. The Kier molecular flexibility index (Phi) is 4.00. The van der Waals surface area contributed by atoms with Gasteiger partial charge in [-0.15, -0.1) is 0 Å². The Bertz CT molecular complexity index is 756. The quantitative estimate of drug-likeness (QED) is 0.720. The highest BCUT2D eigenvalue weighted by atomic mass is 16.5. The molecule has 0 aliphatic carbocycles. The highest BCUT2D eigenvalue weighted by molar-refractivity contribution is 5.63. The van der Waals surface area contributed by atoms with Gasteiger partial charge in [0.1, 0.15) is 0 Å². The fraction of sp³-hybridized carbons (Fsp3) is 0.188. The van der Waals surface area contributed by atoms with Gasteiger partial charge in [-0.05, 0) is 37.3 Å². The van der Waals surface area contributed by atoms with Crippen molar-refractivity contribution >= 4 is 0 Å². The molecule has 0 saturated carbocycles. The van der Waals surface area contributed by atoms with Crippen molar-refractivity contribution in [2.45, 2.75) is 6.92 Å². The van der Waals surface area contributed by atoms with E-state index >= 15 is 0 Å². The molecular formula is C16H15N3O3. The van der Waals surface area contributed by atoms with Crippen LogP contribution in [-0.2, 0) is 0 Å².